The van der Waals surface area contributed by atoms with E-state index in [1.807, 2.05) is 0 Å². The summed E-state index contributed by atoms with van der Waals surface area (Å²) in [5, 5.41) is 9.88. The topological polar surface area (TPSA) is 80.4 Å². The largest absolute Gasteiger partial charge is 0.399 e. The van der Waals surface area contributed by atoms with Gasteiger partial charge in [0.15, 0.2) is 9.84 Å². The molecule has 0 fully saturated rings. The summed E-state index contributed by atoms with van der Waals surface area (Å²) in [5.41, 5.74) is 6.59. The fourth-order valence-corrected chi connectivity index (χ4v) is 3.17. The minimum absolute atomic E-state index is 0.0189. The summed E-state index contributed by atoms with van der Waals surface area (Å²) in [4.78, 5) is 0. The highest BCUT2D eigenvalue weighted by molar-refractivity contribution is 9.11. The lowest BCUT2D eigenvalue weighted by Crippen LogP contribution is -2.24. The summed E-state index contributed by atoms with van der Waals surface area (Å²) in [5.74, 6) is -0.0189. The molecule has 1 aromatic carbocycles. The summed E-state index contributed by atoms with van der Waals surface area (Å²) in [6, 6.07) is 6.46. The van der Waals surface area contributed by atoms with E-state index in [0.717, 1.165) is 0 Å². The number of alkyl halides is 1. The molecule has 0 spiro atoms. The summed E-state index contributed by atoms with van der Waals surface area (Å²) in [7, 11) is -3.32. The van der Waals surface area contributed by atoms with E-state index in [1.165, 1.54) is 0 Å². The number of sulfone groups is 1. The fourth-order valence-electron chi connectivity index (χ4n) is 1.20. The smallest absolute Gasteiger partial charge is 0.165 e. The number of nitrogen functional groups attached to an aromatic ring is 1. The van der Waals surface area contributed by atoms with Gasteiger partial charge in [-0.05, 0) is 17.7 Å². The first-order chi connectivity index (χ1) is 7.38. The van der Waals surface area contributed by atoms with Crippen LogP contribution in [0.25, 0.3) is 0 Å². The molecular formula is C10H14BrNO3S. The molecule has 0 aliphatic rings. The highest BCUT2D eigenvalue weighted by Gasteiger charge is 2.29. The Labute approximate surface area is 104 Å². The van der Waals surface area contributed by atoms with Crippen molar-refractivity contribution in [3.05, 3.63) is 29.8 Å². The van der Waals surface area contributed by atoms with Crippen molar-refractivity contribution in [3.63, 3.8) is 0 Å². The Balaban J connectivity index is 2.94. The van der Waals surface area contributed by atoms with Gasteiger partial charge in [-0.25, -0.2) is 8.42 Å². The van der Waals surface area contributed by atoms with E-state index in [1.54, 1.807) is 31.2 Å². The number of benzene rings is 1. The standard InChI is InChI=1S/C10H14BrNO3S/c1-2-16(14,15)10(11)9(13)7-3-5-8(12)6-4-7/h3-6,9-10,13H,2,12H2,1H3/t9-,10-/m0/s1. The van der Waals surface area contributed by atoms with E-state index in [4.69, 9.17) is 5.73 Å². The van der Waals surface area contributed by atoms with E-state index in [0.29, 0.717) is 11.3 Å². The lowest BCUT2D eigenvalue weighted by Gasteiger charge is -2.17. The van der Waals surface area contributed by atoms with Crippen molar-refractivity contribution in [2.24, 2.45) is 0 Å². The summed E-state index contributed by atoms with van der Waals surface area (Å²) in [6.45, 7) is 1.54. The van der Waals surface area contributed by atoms with Gasteiger partial charge in [0.25, 0.3) is 0 Å². The van der Waals surface area contributed by atoms with Crippen LogP contribution in [0.5, 0.6) is 0 Å². The van der Waals surface area contributed by atoms with Crippen molar-refractivity contribution in [2.45, 2.75) is 17.2 Å². The summed E-state index contributed by atoms with van der Waals surface area (Å²) >= 11 is 3.01. The van der Waals surface area contributed by atoms with E-state index < -0.39 is 20.1 Å². The first kappa shape index (κ1) is 13.5. The maximum atomic E-state index is 11.5. The van der Waals surface area contributed by atoms with Crippen molar-refractivity contribution in [3.8, 4) is 0 Å². The molecule has 1 rings (SSSR count). The van der Waals surface area contributed by atoms with Gasteiger partial charge in [-0.1, -0.05) is 35.0 Å². The number of nitrogens with two attached hydrogens (primary N) is 1. The van der Waals surface area contributed by atoms with Crippen LogP contribution in [0.3, 0.4) is 0 Å². The predicted octanol–water partition coefficient (Wildman–Crippen LogP) is 1.46. The fraction of sp³-hybridized carbons (Fsp3) is 0.400. The van der Waals surface area contributed by atoms with Crippen molar-refractivity contribution in [1.82, 2.24) is 0 Å². The van der Waals surface area contributed by atoms with Gasteiger partial charge in [0.1, 0.15) is 10.3 Å². The van der Waals surface area contributed by atoms with E-state index in [9.17, 15) is 13.5 Å². The van der Waals surface area contributed by atoms with Gasteiger partial charge in [-0.2, -0.15) is 0 Å². The highest BCUT2D eigenvalue weighted by atomic mass is 79.9. The highest BCUT2D eigenvalue weighted by Crippen LogP contribution is 2.27. The van der Waals surface area contributed by atoms with Crippen molar-refractivity contribution >= 4 is 31.5 Å². The van der Waals surface area contributed by atoms with Crippen molar-refractivity contribution in [1.29, 1.82) is 0 Å². The third kappa shape index (κ3) is 2.96. The van der Waals surface area contributed by atoms with Crippen LogP contribution in [0.15, 0.2) is 24.3 Å². The molecule has 0 saturated heterocycles. The lowest BCUT2D eigenvalue weighted by atomic mass is 10.1. The quantitative estimate of drug-likeness (QED) is 0.652. The molecule has 0 amide bonds. The Kier molecular flexibility index (Phi) is 4.35. The minimum Gasteiger partial charge on any atom is -0.399 e. The number of aliphatic hydroxyl groups is 1. The van der Waals surface area contributed by atoms with Crippen LogP contribution in [0.1, 0.15) is 18.6 Å². The predicted molar refractivity (Wildman–Crippen MR) is 68.0 cm³/mol. The Morgan fingerprint density at radius 3 is 2.31 bits per heavy atom. The van der Waals surface area contributed by atoms with Gasteiger partial charge in [0.2, 0.25) is 0 Å². The van der Waals surface area contributed by atoms with Crippen LogP contribution in [0.4, 0.5) is 5.69 Å². The second-order valence-corrected chi connectivity index (χ2v) is 7.42. The van der Waals surface area contributed by atoms with Crippen molar-refractivity contribution < 1.29 is 13.5 Å². The number of halogens is 1. The third-order valence-corrected chi connectivity index (χ3v) is 6.23. The molecule has 0 saturated carbocycles. The second kappa shape index (κ2) is 5.16. The molecular weight excluding hydrogens is 294 g/mol. The summed E-state index contributed by atoms with van der Waals surface area (Å²) < 4.78 is 22.1. The molecule has 0 aliphatic heterocycles. The van der Waals surface area contributed by atoms with E-state index in [-0.39, 0.29) is 5.75 Å². The third-order valence-electron chi connectivity index (χ3n) is 2.27. The molecule has 16 heavy (non-hydrogen) atoms. The van der Waals surface area contributed by atoms with Gasteiger partial charge < -0.3 is 10.8 Å². The van der Waals surface area contributed by atoms with Crippen LogP contribution in [0.2, 0.25) is 0 Å². The first-order valence-electron chi connectivity index (χ1n) is 4.77. The molecule has 4 nitrogen and oxygen atoms in total. The summed E-state index contributed by atoms with van der Waals surface area (Å²) in [6.07, 6.45) is -1.09. The molecule has 6 heteroatoms. The second-order valence-electron chi connectivity index (χ2n) is 3.41. The molecule has 0 radical (unpaired) electrons. The molecule has 90 valence electrons. The normalized spacial score (nSPS) is 15.7. The van der Waals surface area contributed by atoms with Gasteiger partial charge >= 0.3 is 0 Å². The average molecular weight is 308 g/mol. The number of anilines is 1. The van der Waals surface area contributed by atoms with Crippen LogP contribution < -0.4 is 5.73 Å². The zero-order chi connectivity index (χ0) is 12.3. The van der Waals surface area contributed by atoms with E-state index >= 15 is 0 Å². The average Bonchev–Trinajstić information content (AvgIpc) is 2.28. The Bertz CT molecular complexity index is 444. The zero-order valence-corrected chi connectivity index (χ0v) is 11.2. The van der Waals surface area contributed by atoms with Gasteiger partial charge in [-0.3, -0.25) is 0 Å². The monoisotopic (exact) mass is 307 g/mol. The van der Waals surface area contributed by atoms with Crippen LogP contribution in [0, 0.1) is 0 Å². The van der Waals surface area contributed by atoms with Crippen LogP contribution in [-0.4, -0.2) is 23.4 Å². The molecule has 0 unspecified atom stereocenters. The molecule has 3 N–H and O–H groups in total. The molecule has 2 atom stereocenters. The lowest BCUT2D eigenvalue weighted by molar-refractivity contribution is 0.195. The van der Waals surface area contributed by atoms with Crippen molar-refractivity contribution in [2.75, 3.05) is 11.5 Å². The van der Waals surface area contributed by atoms with E-state index in [2.05, 4.69) is 15.9 Å². The van der Waals surface area contributed by atoms with Gasteiger partial charge in [0, 0.05) is 11.4 Å². The Morgan fingerprint density at radius 1 is 1.38 bits per heavy atom. The maximum Gasteiger partial charge on any atom is 0.165 e. The molecule has 1 aromatic rings. The van der Waals surface area contributed by atoms with Gasteiger partial charge in [-0.15, -0.1) is 0 Å². The molecule has 0 heterocycles. The van der Waals surface area contributed by atoms with Gasteiger partial charge in [0.05, 0.1) is 0 Å². The number of aliphatic hydroxyl groups excluding tert-OH is 1. The molecule has 0 aromatic heterocycles. The Hall–Kier alpha value is -0.590. The molecule has 0 aliphatic carbocycles. The SMILES string of the molecule is CCS(=O)(=O)[C@H](Br)[C@@H](O)c1ccc(N)cc1. The van der Waals surface area contributed by atoms with Crippen LogP contribution in [-0.2, 0) is 9.84 Å². The maximum absolute atomic E-state index is 11.5. The van der Waals surface area contributed by atoms with Crippen LogP contribution >= 0.6 is 15.9 Å². The Morgan fingerprint density at radius 2 is 1.88 bits per heavy atom. The molecule has 0 bridgehead atoms. The first-order valence-corrected chi connectivity index (χ1v) is 7.40. The zero-order valence-electron chi connectivity index (χ0n) is 8.80. The number of rotatable bonds is 4. The number of hydrogen-bond acceptors (Lipinski definition) is 4. The number of hydrogen-bond donors (Lipinski definition) is 2. The minimum atomic E-state index is -3.32.